The van der Waals surface area contributed by atoms with E-state index in [1.807, 2.05) is 29.6 Å². The van der Waals surface area contributed by atoms with Gasteiger partial charge >= 0.3 is 12.3 Å². The number of carbonyl (C=O) groups excluding carboxylic acids is 3. The van der Waals surface area contributed by atoms with Gasteiger partial charge in [0.25, 0.3) is 11.8 Å². The monoisotopic (exact) mass is 509 g/mol. The quantitative estimate of drug-likeness (QED) is 0.558. The van der Waals surface area contributed by atoms with Crippen LogP contribution in [0.1, 0.15) is 11.1 Å². The Bertz CT molecular complexity index is 1130. The average Bonchev–Trinajstić information content (AvgIpc) is 3.44. The first-order chi connectivity index (χ1) is 16.2. The Kier molecular flexibility index (Phi) is 7.08. The number of rotatable bonds is 5. The van der Waals surface area contributed by atoms with Gasteiger partial charge in [0.15, 0.2) is 5.37 Å². The number of carbonyl (C=O) groups is 3. The molecular weight excluding hydrogens is 491 g/mol. The van der Waals surface area contributed by atoms with Crippen LogP contribution in [-0.2, 0) is 27.1 Å². The maximum Gasteiger partial charge on any atom is 0.416 e. The topological polar surface area (TPSA) is 96.5 Å². The van der Waals surface area contributed by atoms with Crippen LogP contribution in [0.3, 0.4) is 0 Å². The third-order valence-corrected chi connectivity index (χ3v) is 7.18. The number of ether oxygens (including phenoxy) is 1. The number of benzene rings is 2. The largest absolute Gasteiger partial charge is 0.444 e. The molecular formula is C22H18F3N3O4S2. The lowest BCUT2D eigenvalue weighted by Gasteiger charge is -2.18. The predicted octanol–water partition coefficient (Wildman–Crippen LogP) is 4.12. The number of hydrogen-bond donors (Lipinski definition) is 3. The molecule has 12 heteroatoms. The second-order valence-corrected chi connectivity index (χ2v) is 9.49. The normalized spacial score (nSPS) is 19.0. The van der Waals surface area contributed by atoms with E-state index in [-0.39, 0.29) is 17.0 Å². The smallest absolute Gasteiger partial charge is 0.416 e. The number of para-hydroxylation sites is 1. The molecule has 2 aromatic rings. The van der Waals surface area contributed by atoms with Gasteiger partial charge in [-0.3, -0.25) is 14.9 Å². The van der Waals surface area contributed by atoms with E-state index in [1.165, 1.54) is 41.7 Å². The number of anilines is 1. The van der Waals surface area contributed by atoms with E-state index in [2.05, 4.69) is 10.6 Å². The zero-order chi connectivity index (χ0) is 24.3. The van der Waals surface area contributed by atoms with Gasteiger partial charge in [-0.25, -0.2) is 4.79 Å². The minimum atomic E-state index is -4.60. The van der Waals surface area contributed by atoms with E-state index < -0.39 is 41.1 Å². The maximum absolute atomic E-state index is 13.1. The van der Waals surface area contributed by atoms with Gasteiger partial charge in [-0.05, 0) is 18.2 Å². The molecule has 0 aromatic heterocycles. The molecule has 178 valence electrons. The SMILES string of the molecule is O=C(NC(=O)C1=CCSC1NC(=O)C1Nc2ccccc2S1)OCc1ccccc1C(F)(F)F. The van der Waals surface area contributed by atoms with Crippen molar-refractivity contribution in [3.8, 4) is 0 Å². The number of alkyl halides is 3. The zero-order valence-electron chi connectivity index (χ0n) is 17.3. The van der Waals surface area contributed by atoms with Gasteiger partial charge in [0.1, 0.15) is 12.0 Å². The summed E-state index contributed by atoms with van der Waals surface area (Å²) in [6, 6.07) is 12.2. The van der Waals surface area contributed by atoms with Gasteiger partial charge < -0.3 is 15.4 Å². The van der Waals surface area contributed by atoms with E-state index in [9.17, 15) is 27.6 Å². The van der Waals surface area contributed by atoms with Crippen LogP contribution in [0.5, 0.6) is 0 Å². The van der Waals surface area contributed by atoms with Crippen molar-refractivity contribution in [2.45, 2.75) is 28.4 Å². The summed E-state index contributed by atoms with van der Waals surface area (Å²) in [6.07, 6.45) is -4.22. The number of hydrogen-bond acceptors (Lipinski definition) is 7. The fraction of sp³-hybridized carbons (Fsp3) is 0.227. The van der Waals surface area contributed by atoms with E-state index >= 15 is 0 Å². The van der Waals surface area contributed by atoms with Crippen LogP contribution in [-0.4, -0.2) is 34.4 Å². The van der Waals surface area contributed by atoms with Crippen LogP contribution in [0, 0.1) is 0 Å². The molecule has 0 fully saturated rings. The molecule has 0 aliphatic carbocycles. The van der Waals surface area contributed by atoms with Crippen molar-refractivity contribution < 1.29 is 32.3 Å². The Hall–Kier alpha value is -3.12. The Morgan fingerprint density at radius 2 is 1.82 bits per heavy atom. The lowest BCUT2D eigenvalue weighted by Crippen LogP contribution is -2.44. The van der Waals surface area contributed by atoms with Crippen LogP contribution >= 0.6 is 23.5 Å². The third kappa shape index (κ3) is 5.50. The second kappa shape index (κ2) is 10.0. The first kappa shape index (κ1) is 24.0. The van der Waals surface area contributed by atoms with Gasteiger partial charge in [0.2, 0.25) is 0 Å². The summed E-state index contributed by atoms with van der Waals surface area (Å²) in [5.74, 6) is -0.682. The lowest BCUT2D eigenvalue weighted by molar-refractivity contribution is -0.138. The van der Waals surface area contributed by atoms with Crippen LogP contribution < -0.4 is 16.0 Å². The third-order valence-electron chi connectivity index (χ3n) is 4.94. The maximum atomic E-state index is 13.1. The highest BCUT2D eigenvalue weighted by atomic mass is 32.2. The van der Waals surface area contributed by atoms with Crippen molar-refractivity contribution in [2.75, 3.05) is 11.1 Å². The highest BCUT2D eigenvalue weighted by Gasteiger charge is 2.34. The number of thioether (sulfide) groups is 2. The van der Waals surface area contributed by atoms with E-state index in [1.54, 1.807) is 6.08 Å². The van der Waals surface area contributed by atoms with E-state index in [4.69, 9.17) is 4.74 Å². The molecule has 2 aromatic carbocycles. The zero-order valence-corrected chi connectivity index (χ0v) is 19.0. The number of halogens is 3. The van der Waals surface area contributed by atoms with Gasteiger partial charge in [-0.15, -0.1) is 11.8 Å². The van der Waals surface area contributed by atoms with Crippen molar-refractivity contribution >= 4 is 47.1 Å². The molecule has 3 N–H and O–H groups in total. The van der Waals surface area contributed by atoms with Crippen LogP contribution in [0.25, 0.3) is 0 Å². The highest BCUT2D eigenvalue weighted by molar-refractivity contribution is 8.01. The molecule has 2 aliphatic rings. The summed E-state index contributed by atoms with van der Waals surface area (Å²) in [7, 11) is 0. The Morgan fingerprint density at radius 3 is 2.59 bits per heavy atom. The number of imide groups is 1. The van der Waals surface area contributed by atoms with Crippen molar-refractivity contribution in [1.82, 2.24) is 10.6 Å². The van der Waals surface area contributed by atoms with Crippen LogP contribution in [0.4, 0.5) is 23.7 Å². The van der Waals surface area contributed by atoms with E-state index in [0.717, 1.165) is 16.6 Å². The molecule has 0 saturated heterocycles. The Balaban J connectivity index is 1.30. The molecule has 0 bridgehead atoms. The molecule has 4 rings (SSSR count). The summed E-state index contributed by atoms with van der Waals surface area (Å²) < 4.78 is 44.0. The van der Waals surface area contributed by atoms with E-state index in [0.29, 0.717) is 5.75 Å². The molecule has 2 unspecified atom stereocenters. The average molecular weight is 510 g/mol. The Morgan fingerprint density at radius 1 is 1.09 bits per heavy atom. The van der Waals surface area contributed by atoms with Crippen molar-refractivity contribution in [3.05, 3.63) is 71.3 Å². The number of fused-ring (bicyclic) bond motifs is 1. The van der Waals surface area contributed by atoms with Crippen LogP contribution in [0.2, 0.25) is 0 Å². The molecule has 2 aliphatic heterocycles. The molecule has 2 heterocycles. The van der Waals surface area contributed by atoms with Gasteiger partial charge in [-0.2, -0.15) is 13.2 Å². The number of nitrogens with one attached hydrogen (secondary N) is 3. The number of alkyl carbamates (subject to hydrolysis) is 1. The molecule has 0 radical (unpaired) electrons. The molecule has 0 saturated carbocycles. The fourth-order valence-electron chi connectivity index (χ4n) is 3.34. The van der Waals surface area contributed by atoms with Gasteiger partial charge in [-0.1, -0.05) is 48.2 Å². The minimum Gasteiger partial charge on any atom is -0.444 e. The Labute approximate surface area is 200 Å². The number of amides is 3. The fourth-order valence-corrected chi connectivity index (χ4v) is 5.42. The molecule has 0 spiro atoms. The summed E-state index contributed by atoms with van der Waals surface area (Å²) in [5.41, 5.74) is -0.158. The summed E-state index contributed by atoms with van der Waals surface area (Å²) in [6.45, 7) is -0.659. The molecule has 34 heavy (non-hydrogen) atoms. The molecule has 3 amide bonds. The van der Waals surface area contributed by atoms with Crippen molar-refractivity contribution in [1.29, 1.82) is 0 Å². The first-order valence-electron chi connectivity index (χ1n) is 10.00. The van der Waals surface area contributed by atoms with Gasteiger partial charge in [0, 0.05) is 27.5 Å². The molecule has 7 nitrogen and oxygen atoms in total. The summed E-state index contributed by atoms with van der Waals surface area (Å²) in [4.78, 5) is 38.2. The van der Waals surface area contributed by atoms with Crippen molar-refractivity contribution in [3.63, 3.8) is 0 Å². The summed E-state index contributed by atoms with van der Waals surface area (Å²) >= 11 is 2.64. The van der Waals surface area contributed by atoms with Crippen molar-refractivity contribution in [2.24, 2.45) is 0 Å². The lowest BCUT2D eigenvalue weighted by atomic mass is 10.1. The highest BCUT2D eigenvalue weighted by Crippen LogP contribution is 2.38. The summed E-state index contributed by atoms with van der Waals surface area (Å²) in [5, 5.41) is 6.63. The second-order valence-electron chi connectivity index (χ2n) is 7.20. The van der Waals surface area contributed by atoms with Crippen LogP contribution in [0.15, 0.2) is 65.1 Å². The van der Waals surface area contributed by atoms with Gasteiger partial charge in [0.05, 0.1) is 5.56 Å². The predicted molar refractivity (Wildman–Crippen MR) is 122 cm³/mol. The first-order valence-corrected chi connectivity index (χ1v) is 11.9. The minimum absolute atomic E-state index is 0.159. The standard InChI is InChI=1S/C22H18F3N3O4S2/c23-22(24,25)14-6-2-1-5-12(14)11-32-21(31)28-17(29)13-9-10-33-19(13)27-18(30)20-26-15-7-3-4-8-16(15)34-20/h1-9,19-20,26H,10-11H2,(H,27,30)(H,28,29,31). The molecule has 2 atom stereocenters.